The van der Waals surface area contributed by atoms with E-state index >= 15 is 0 Å². The minimum Gasteiger partial charge on any atom is -0.475 e. The smallest absolute Gasteiger partial charge is 0.475 e. The molecule has 1 heterocycles. The molecule has 0 saturated carbocycles. The molecular weight excluding hydrogens is 213 g/mol. The Balaban J connectivity index is 0.000000265. The average molecular weight is 224 g/mol. The Morgan fingerprint density at radius 1 is 1.60 bits per heavy atom. The first-order valence-corrected chi connectivity index (χ1v) is 4.20. The molecule has 0 amide bonds. The number of nitrogens with one attached hydrogen (secondary N) is 1. The monoisotopic (exact) mass is 224 g/mol. The SMILES string of the molecule is CC1CC(C#N)CN1.O=C(O)C(F)(F)F. The van der Waals surface area contributed by atoms with Crippen molar-refractivity contribution in [1.29, 1.82) is 5.26 Å². The summed E-state index contributed by atoms with van der Waals surface area (Å²) in [6.07, 6.45) is -4.06. The molecule has 2 unspecified atom stereocenters. The summed E-state index contributed by atoms with van der Waals surface area (Å²) in [7, 11) is 0. The maximum atomic E-state index is 10.6. The van der Waals surface area contributed by atoms with Crippen LogP contribution in [0.1, 0.15) is 13.3 Å². The summed E-state index contributed by atoms with van der Waals surface area (Å²) in [6, 6.07) is 2.79. The van der Waals surface area contributed by atoms with Crippen LogP contribution in [0, 0.1) is 17.2 Å². The van der Waals surface area contributed by atoms with Gasteiger partial charge in [0.1, 0.15) is 0 Å². The van der Waals surface area contributed by atoms with Crippen molar-refractivity contribution in [3.63, 3.8) is 0 Å². The summed E-state index contributed by atoms with van der Waals surface area (Å²) in [6.45, 7) is 3.00. The van der Waals surface area contributed by atoms with Gasteiger partial charge in [-0.25, -0.2) is 4.79 Å². The minimum atomic E-state index is -5.08. The van der Waals surface area contributed by atoms with Crippen molar-refractivity contribution in [3.8, 4) is 6.07 Å². The molecule has 0 aromatic heterocycles. The van der Waals surface area contributed by atoms with Gasteiger partial charge in [0.2, 0.25) is 0 Å². The van der Waals surface area contributed by atoms with E-state index in [0.29, 0.717) is 6.04 Å². The van der Waals surface area contributed by atoms with E-state index in [9.17, 15) is 13.2 Å². The fraction of sp³-hybridized carbons (Fsp3) is 0.750. The average Bonchev–Trinajstić information content (AvgIpc) is 2.50. The molecule has 1 saturated heterocycles. The summed E-state index contributed by atoms with van der Waals surface area (Å²) in [5.74, 6) is -2.49. The van der Waals surface area contributed by atoms with Crippen molar-refractivity contribution in [2.75, 3.05) is 6.54 Å². The van der Waals surface area contributed by atoms with Crippen molar-refractivity contribution in [3.05, 3.63) is 0 Å². The zero-order valence-electron chi connectivity index (χ0n) is 8.01. The largest absolute Gasteiger partial charge is 0.490 e. The Morgan fingerprint density at radius 2 is 2.07 bits per heavy atom. The Bertz CT molecular complexity index is 260. The minimum absolute atomic E-state index is 0.269. The van der Waals surface area contributed by atoms with Gasteiger partial charge in [0.15, 0.2) is 0 Å². The molecule has 7 heteroatoms. The van der Waals surface area contributed by atoms with Crippen molar-refractivity contribution in [2.24, 2.45) is 5.92 Å². The third-order valence-electron chi connectivity index (χ3n) is 1.78. The number of halogens is 3. The van der Waals surface area contributed by atoms with Crippen molar-refractivity contribution < 1.29 is 23.1 Å². The number of hydrogen-bond acceptors (Lipinski definition) is 3. The molecule has 0 aromatic rings. The zero-order chi connectivity index (χ0) is 12.1. The second-order valence-electron chi connectivity index (χ2n) is 3.17. The predicted octanol–water partition coefficient (Wildman–Crippen LogP) is 1.14. The number of hydrogen-bond donors (Lipinski definition) is 2. The number of carboxylic acids is 1. The maximum absolute atomic E-state index is 10.6. The van der Waals surface area contributed by atoms with Crippen LogP contribution in [-0.2, 0) is 4.79 Å². The highest BCUT2D eigenvalue weighted by Gasteiger charge is 2.38. The van der Waals surface area contributed by atoms with Gasteiger partial charge in [-0.3, -0.25) is 0 Å². The molecular formula is C8H11F3N2O2. The molecule has 86 valence electrons. The van der Waals surface area contributed by atoms with Crippen molar-refractivity contribution in [2.45, 2.75) is 25.6 Å². The van der Waals surface area contributed by atoms with Crippen LogP contribution in [0.3, 0.4) is 0 Å². The van der Waals surface area contributed by atoms with Crippen LogP contribution in [0.15, 0.2) is 0 Å². The fourth-order valence-electron chi connectivity index (χ4n) is 1.04. The molecule has 4 nitrogen and oxygen atoms in total. The molecule has 0 aromatic carbocycles. The second-order valence-corrected chi connectivity index (χ2v) is 3.17. The lowest BCUT2D eigenvalue weighted by Gasteiger charge is -1.95. The van der Waals surface area contributed by atoms with E-state index in [-0.39, 0.29) is 5.92 Å². The summed E-state index contributed by atoms with van der Waals surface area (Å²) < 4.78 is 31.7. The van der Waals surface area contributed by atoms with E-state index in [1.54, 1.807) is 0 Å². The Morgan fingerprint density at radius 3 is 2.20 bits per heavy atom. The van der Waals surface area contributed by atoms with Gasteiger partial charge in [-0.1, -0.05) is 0 Å². The van der Waals surface area contributed by atoms with Crippen LogP contribution in [0.5, 0.6) is 0 Å². The topological polar surface area (TPSA) is 73.1 Å². The third-order valence-corrected chi connectivity index (χ3v) is 1.78. The normalized spacial score (nSPS) is 25.0. The first kappa shape index (κ1) is 13.7. The lowest BCUT2D eigenvalue weighted by molar-refractivity contribution is -0.192. The molecule has 2 N–H and O–H groups in total. The standard InChI is InChI=1S/C6H10N2.C2HF3O2/c1-5-2-6(3-7)4-8-5;3-2(4,5)1(6)7/h5-6,8H,2,4H2,1H3;(H,6,7). The maximum Gasteiger partial charge on any atom is 0.490 e. The highest BCUT2D eigenvalue weighted by molar-refractivity contribution is 5.73. The molecule has 1 rings (SSSR count). The van der Waals surface area contributed by atoms with Gasteiger partial charge in [-0.05, 0) is 13.3 Å². The Labute approximate surface area is 84.7 Å². The van der Waals surface area contributed by atoms with Gasteiger partial charge in [-0.2, -0.15) is 18.4 Å². The molecule has 1 aliphatic rings. The predicted molar refractivity (Wildman–Crippen MR) is 44.9 cm³/mol. The number of carbonyl (C=O) groups is 1. The van der Waals surface area contributed by atoms with Gasteiger partial charge in [0.25, 0.3) is 0 Å². The quantitative estimate of drug-likeness (QED) is 0.647. The zero-order valence-corrected chi connectivity index (χ0v) is 8.01. The molecule has 0 aliphatic carbocycles. The van der Waals surface area contributed by atoms with Gasteiger partial charge in [0.05, 0.1) is 12.0 Å². The highest BCUT2D eigenvalue weighted by atomic mass is 19.4. The highest BCUT2D eigenvalue weighted by Crippen LogP contribution is 2.13. The van der Waals surface area contributed by atoms with E-state index in [2.05, 4.69) is 18.3 Å². The van der Waals surface area contributed by atoms with Crippen LogP contribution in [0.2, 0.25) is 0 Å². The lowest BCUT2D eigenvalue weighted by atomic mass is 10.1. The van der Waals surface area contributed by atoms with Gasteiger partial charge in [-0.15, -0.1) is 0 Å². The number of nitriles is 1. The molecule has 0 radical (unpaired) electrons. The first-order valence-electron chi connectivity index (χ1n) is 4.20. The Kier molecular flexibility index (Phi) is 5.08. The van der Waals surface area contributed by atoms with Crippen LogP contribution in [0.4, 0.5) is 13.2 Å². The summed E-state index contributed by atoms with van der Waals surface area (Å²) in [5.41, 5.74) is 0. The molecule has 0 spiro atoms. The first-order chi connectivity index (χ1) is 6.77. The van der Waals surface area contributed by atoms with Crippen LogP contribution in [-0.4, -0.2) is 29.8 Å². The summed E-state index contributed by atoms with van der Waals surface area (Å²) in [4.78, 5) is 8.90. The fourth-order valence-corrected chi connectivity index (χ4v) is 1.04. The van der Waals surface area contributed by atoms with Crippen LogP contribution < -0.4 is 5.32 Å². The second kappa shape index (κ2) is 5.56. The number of carboxylic acid groups (broad SMARTS) is 1. The summed E-state index contributed by atoms with van der Waals surface area (Å²) in [5, 5.41) is 18.7. The number of nitrogens with zero attached hydrogens (tertiary/aromatic N) is 1. The lowest BCUT2D eigenvalue weighted by Crippen LogP contribution is -2.21. The van der Waals surface area contributed by atoms with E-state index in [4.69, 9.17) is 15.2 Å². The molecule has 15 heavy (non-hydrogen) atoms. The van der Waals surface area contributed by atoms with E-state index in [1.165, 1.54) is 0 Å². The molecule has 1 aliphatic heterocycles. The molecule has 2 atom stereocenters. The van der Waals surface area contributed by atoms with Crippen LogP contribution in [0.25, 0.3) is 0 Å². The number of aliphatic carboxylic acids is 1. The third kappa shape index (κ3) is 5.91. The van der Waals surface area contributed by atoms with E-state index in [0.717, 1.165) is 13.0 Å². The number of alkyl halides is 3. The van der Waals surface area contributed by atoms with Gasteiger partial charge >= 0.3 is 12.1 Å². The van der Waals surface area contributed by atoms with Crippen LogP contribution >= 0.6 is 0 Å². The molecule has 0 bridgehead atoms. The Hall–Kier alpha value is -1.29. The van der Waals surface area contributed by atoms with E-state index < -0.39 is 12.1 Å². The van der Waals surface area contributed by atoms with Gasteiger partial charge < -0.3 is 10.4 Å². The van der Waals surface area contributed by atoms with E-state index in [1.807, 2.05) is 0 Å². The van der Waals surface area contributed by atoms with Crippen molar-refractivity contribution >= 4 is 5.97 Å². The summed E-state index contributed by atoms with van der Waals surface area (Å²) >= 11 is 0. The molecule has 1 fully saturated rings. The van der Waals surface area contributed by atoms with Gasteiger partial charge in [0, 0.05) is 12.6 Å². The number of rotatable bonds is 0. The van der Waals surface area contributed by atoms with Crippen molar-refractivity contribution in [1.82, 2.24) is 5.32 Å².